The fraction of sp³-hybridized carbons (Fsp3) is 0.588. The summed E-state index contributed by atoms with van der Waals surface area (Å²) in [5, 5.41) is 0. The monoisotopic (exact) mass is 294 g/mol. The third-order valence-electron chi connectivity index (χ3n) is 3.03. The number of nitrogens with two attached hydrogens (primary N) is 1. The quantitative estimate of drug-likeness (QED) is 0.731. The lowest BCUT2D eigenvalue weighted by Crippen LogP contribution is -2.35. The van der Waals surface area contributed by atoms with Crippen molar-refractivity contribution in [2.24, 2.45) is 11.7 Å². The van der Waals surface area contributed by atoms with E-state index in [1.165, 1.54) is 0 Å². The molecular weight excluding hydrogens is 264 g/mol. The van der Waals surface area contributed by atoms with Gasteiger partial charge in [-0.25, -0.2) is 4.79 Å². The minimum Gasteiger partial charge on any atom is -0.444 e. The Bertz CT molecular complexity index is 406. The largest absolute Gasteiger partial charge is 0.444 e. The molecule has 0 saturated carbocycles. The standard InChI is InChI=1S/C17H30N2O2/c1-13(12-18)8-9-14(2)15(3)10-11-19(7)16(20)21-17(4,5)6/h8-9,15H,1-2,10-12,18H2,3-7H3/b9-8-. The van der Waals surface area contributed by atoms with Crippen molar-refractivity contribution in [1.82, 2.24) is 4.90 Å². The summed E-state index contributed by atoms with van der Waals surface area (Å²) in [6.45, 7) is 16.6. The van der Waals surface area contributed by atoms with E-state index in [1.807, 2.05) is 32.9 Å². The predicted octanol–water partition coefficient (Wildman–Crippen LogP) is 3.51. The SMILES string of the molecule is C=C(/C=C\C(=C)C(C)CCN(C)C(=O)OC(C)(C)C)CN. The van der Waals surface area contributed by atoms with Gasteiger partial charge in [-0.05, 0) is 38.7 Å². The van der Waals surface area contributed by atoms with Crippen LogP contribution in [0.25, 0.3) is 0 Å². The van der Waals surface area contributed by atoms with Crippen LogP contribution in [-0.2, 0) is 4.74 Å². The van der Waals surface area contributed by atoms with Gasteiger partial charge in [-0.15, -0.1) is 0 Å². The molecule has 0 saturated heterocycles. The average Bonchev–Trinajstić information content (AvgIpc) is 2.38. The van der Waals surface area contributed by atoms with Crippen LogP contribution in [0.5, 0.6) is 0 Å². The number of hydrogen-bond donors (Lipinski definition) is 1. The Labute approximate surface area is 129 Å². The van der Waals surface area contributed by atoms with Crippen molar-refractivity contribution < 1.29 is 9.53 Å². The Morgan fingerprint density at radius 3 is 2.38 bits per heavy atom. The maximum absolute atomic E-state index is 11.8. The van der Waals surface area contributed by atoms with Gasteiger partial charge < -0.3 is 15.4 Å². The first kappa shape index (κ1) is 19.4. The highest BCUT2D eigenvalue weighted by Gasteiger charge is 2.19. The number of amides is 1. The van der Waals surface area contributed by atoms with Gasteiger partial charge in [0.25, 0.3) is 0 Å². The molecule has 0 heterocycles. The summed E-state index contributed by atoms with van der Waals surface area (Å²) in [7, 11) is 1.75. The average molecular weight is 294 g/mol. The Morgan fingerprint density at radius 1 is 1.33 bits per heavy atom. The molecule has 4 heteroatoms. The Balaban J connectivity index is 4.26. The second-order valence-electron chi connectivity index (χ2n) is 6.36. The summed E-state index contributed by atoms with van der Waals surface area (Å²) >= 11 is 0. The number of rotatable bonds is 7. The minimum atomic E-state index is -0.466. The van der Waals surface area contributed by atoms with Crippen molar-refractivity contribution >= 4 is 6.09 Å². The molecule has 0 aliphatic heterocycles. The second kappa shape index (κ2) is 8.67. The first-order valence-electron chi connectivity index (χ1n) is 7.25. The van der Waals surface area contributed by atoms with Gasteiger partial charge in [-0.3, -0.25) is 0 Å². The third-order valence-corrected chi connectivity index (χ3v) is 3.03. The second-order valence-corrected chi connectivity index (χ2v) is 6.36. The first-order chi connectivity index (χ1) is 9.56. The normalized spacial score (nSPS) is 13.0. The highest BCUT2D eigenvalue weighted by molar-refractivity contribution is 5.67. The van der Waals surface area contributed by atoms with Crippen molar-refractivity contribution in [3.63, 3.8) is 0 Å². The van der Waals surface area contributed by atoms with E-state index in [1.54, 1.807) is 11.9 Å². The van der Waals surface area contributed by atoms with Crippen LogP contribution >= 0.6 is 0 Å². The van der Waals surface area contributed by atoms with E-state index in [2.05, 4.69) is 20.1 Å². The smallest absolute Gasteiger partial charge is 0.410 e. The lowest BCUT2D eigenvalue weighted by molar-refractivity contribution is 0.0293. The van der Waals surface area contributed by atoms with Crippen molar-refractivity contribution in [2.75, 3.05) is 20.1 Å². The first-order valence-corrected chi connectivity index (χ1v) is 7.25. The molecular formula is C17H30N2O2. The van der Waals surface area contributed by atoms with Crippen LogP contribution in [-0.4, -0.2) is 36.7 Å². The summed E-state index contributed by atoms with van der Waals surface area (Å²) in [6, 6.07) is 0. The molecule has 2 N–H and O–H groups in total. The molecule has 0 fully saturated rings. The van der Waals surface area contributed by atoms with Gasteiger partial charge in [-0.1, -0.05) is 37.8 Å². The molecule has 1 unspecified atom stereocenters. The summed E-state index contributed by atoms with van der Waals surface area (Å²) in [5.41, 5.74) is 6.88. The van der Waals surface area contributed by atoms with E-state index < -0.39 is 5.60 Å². The highest BCUT2D eigenvalue weighted by atomic mass is 16.6. The molecule has 0 aromatic heterocycles. The van der Waals surface area contributed by atoms with Gasteiger partial charge >= 0.3 is 6.09 Å². The lowest BCUT2D eigenvalue weighted by Gasteiger charge is -2.25. The van der Waals surface area contributed by atoms with Crippen LogP contribution < -0.4 is 5.73 Å². The van der Waals surface area contributed by atoms with Crippen LogP contribution in [0.3, 0.4) is 0 Å². The van der Waals surface area contributed by atoms with Gasteiger partial charge in [0.05, 0.1) is 0 Å². The number of nitrogens with zero attached hydrogens (tertiary/aromatic N) is 1. The summed E-state index contributed by atoms with van der Waals surface area (Å²) in [4.78, 5) is 13.4. The molecule has 0 spiro atoms. The van der Waals surface area contributed by atoms with E-state index in [9.17, 15) is 4.79 Å². The number of carbonyl (C=O) groups excluding carboxylic acids is 1. The van der Waals surface area contributed by atoms with Gasteiger partial charge in [0.1, 0.15) is 5.60 Å². The number of allylic oxidation sites excluding steroid dienone is 2. The minimum absolute atomic E-state index is 0.275. The highest BCUT2D eigenvalue weighted by Crippen LogP contribution is 2.16. The zero-order valence-electron chi connectivity index (χ0n) is 14.1. The Hall–Kier alpha value is -1.55. The third kappa shape index (κ3) is 9.08. The maximum atomic E-state index is 11.8. The van der Waals surface area contributed by atoms with E-state index in [-0.39, 0.29) is 12.0 Å². The molecule has 1 atom stereocenters. The molecule has 0 rings (SSSR count). The molecule has 0 aliphatic carbocycles. The fourth-order valence-electron chi connectivity index (χ4n) is 1.46. The molecule has 0 aromatic carbocycles. The topological polar surface area (TPSA) is 55.6 Å². The van der Waals surface area contributed by atoms with Crippen LogP contribution in [0.2, 0.25) is 0 Å². The Morgan fingerprint density at radius 2 is 1.90 bits per heavy atom. The number of carbonyl (C=O) groups is 1. The molecule has 0 aromatic rings. The van der Waals surface area contributed by atoms with Crippen LogP contribution in [0.4, 0.5) is 4.79 Å². The van der Waals surface area contributed by atoms with Crippen molar-refractivity contribution in [3.8, 4) is 0 Å². The fourth-order valence-corrected chi connectivity index (χ4v) is 1.46. The van der Waals surface area contributed by atoms with Gasteiger partial charge in [-0.2, -0.15) is 0 Å². The zero-order valence-corrected chi connectivity index (χ0v) is 14.1. The number of hydrogen-bond acceptors (Lipinski definition) is 3. The molecule has 0 bridgehead atoms. The van der Waals surface area contributed by atoms with Gasteiger partial charge in [0.15, 0.2) is 0 Å². The summed E-state index contributed by atoms with van der Waals surface area (Å²) in [5.74, 6) is 0.275. The molecule has 1 amide bonds. The molecule has 21 heavy (non-hydrogen) atoms. The van der Waals surface area contributed by atoms with Crippen molar-refractivity contribution in [3.05, 3.63) is 36.5 Å². The van der Waals surface area contributed by atoms with Gasteiger partial charge in [0, 0.05) is 20.1 Å². The van der Waals surface area contributed by atoms with Crippen LogP contribution in [0, 0.1) is 5.92 Å². The van der Waals surface area contributed by atoms with Crippen LogP contribution in [0.15, 0.2) is 36.5 Å². The zero-order chi connectivity index (χ0) is 16.6. The molecule has 4 nitrogen and oxygen atoms in total. The van der Waals surface area contributed by atoms with E-state index in [0.717, 1.165) is 17.6 Å². The van der Waals surface area contributed by atoms with Crippen LogP contribution in [0.1, 0.15) is 34.1 Å². The van der Waals surface area contributed by atoms with E-state index >= 15 is 0 Å². The Kier molecular flexibility index (Phi) is 8.03. The number of ether oxygens (including phenoxy) is 1. The summed E-state index contributed by atoms with van der Waals surface area (Å²) < 4.78 is 5.31. The maximum Gasteiger partial charge on any atom is 0.410 e. The summed E-state index contributed by atoms with van der Waals surface area (Å²) in [6.07, 6.45) is 4.35. The van der Waals surface area contributed by atoms with Crippen molar-refractivity contribution in [1.29, 1.82) is 0 Å². The van der Waals surface area contributed by atoms with Crippen molar-refractivity contribution in [2.45, 2.75) is 39.7 Å². The molecule has 120 valence electrons. The molecule has 0 aliphatic rings. The molecule has 0 radical (unpaired) electrons. The van der Waals surface area contributed by atoms with E-state index in [4.69, 9.17) is 10.5 Å². The van der Waals surface area contributed by atoms with E-state index in [0.29, 0.717) is 13.1 Å². The lowest BCUT2D eigenvalue weighted by atomic mass is 9.98. The predicted molar refractivity (Wildman–Crippen MR) is 89.1 cm³/mol. The van der Waals surface area contributed by atoms with Gasteiger partial charge in [0.2, 0.25) is 0 Å².